The summed E-state index contributed by atoms with van der Waals surface area (Å²) in [6.07, 6.45) is 1.59. The molecule has 7 nitrogen and oxygen atoms in total. The van der Waals surface area contributed by atoms with Crippen molar-refractivity contribution in [2.75, 3.05) is 7.05 Å². The second-order valence-electron chi connectivity index (χ2n) is 4.30. The molecule has 108 valence electrons. The molecule has 3 N–H and O–H groups in total. The summed E-state index contributed by atoms with van der Waals surface area (Å²) in [6, 6.07) is 1.29. The molecule has 20 heavy (non-hydrogen) atoms. The first-order valence-corrected chi connectivity index (χ1v) is 7.98. The van der Waals surface area contributed by atoms with Crippen LogP contribution in [-0.4, -0.2) is 35.9 Å². The molecule has 0 atom stereocenters. The smallest absolute Gasteiger partial charge is 0.252 e. The molecule has 0 fully saturated rings. The number of thiophene rings is 1. The number of rotatable bonds is 5. The monoisotopic (exact) mass is 314 g/mol. The van der Waals surface area contributed by atoms with Crippen LogP contribution in [0.5, 0.6) is 0 Å². The molecule has 1 amide bonds. The number of aromatic amines is 1. The zero-order chi connectivity index (χ0) is 14.9. The minimum absolute atomic E-state index is 0.0925. The standard InChI is InChI=1S/C11H14N4O3S2/c1-7-9(4-13-14-7)5-15(2)20(17,18)10-3-8(6-19-10)11(12)16/h3-4,6H,5H2,1-2H3,(H2,12,16)(H,13,14). The van der Waals surface area contributed by atoms with Gasteiger partial charge in [0.1, 0.15) is 4.21 Å². The van der Waals surface area contributed by atoms with E-state index in [9.17, 15) is 13.2 Å². The molecule has 2 aromatic heterocycles. The number of hydrogen-bond acceptors (Lipinski definition) is 5. The molecule has 9 heteroatoms. The molecule has 0 aliphatic rings. The van der Waals surface area contributed by atoms with Crippen molar-refractivity contribution in [1.29, 1.82) is 0 Å². The van der Waals surface area contributed by atoms with Gasteiger partial charge in [-0.3, -0.25) is 9.89 Å². The van der Waals surface area contributed by atoms with Gasteiger partial charge < -0.3 is 5.73 Å². The van der Waals surface area contributed by atoms with Crippen molar-refractivity contribution in [3.8, 4) is 0 Å². The molecule has 0 bridgehead atoms. The van der Waals surface area contributed by atoms with E-state index < -0.39 is 15.9 Å². The van der Waals surface area contributed by atoms with Gasteiger partial charge in [-0.2, -0.15) is 9.40 Å². The van der Waals surface area contributed by atoms with Crippen LogP contribution in [0.25, 0.3) is 0 Å². The molecule has 0 saturated heterocycles. The number of nitrogens with two attached hydrogens (primary N) is 1. The van der Waals surface area contributed by atoms with Gasteiger partial charge in [0.2, 0.25) is 5.91 Å². The number of carbonyl (C=O) groups is 1. The predicted molar refractivity (Wildman–Crippen MR) is 74.8 cm³/mol. The Morgan fingerprint density at radius 1 is 1.55 bits per heavy atom. The Balaban J connectivity index is 2.25. The molecule has 0 aromatic carbocycles. The maximum Gasteiger partial charge on any atom is 0.252 e. The number of amides is 1. The summed E-state index contributed by atoms with van der Waals surface area (Å²) in [6.45, 7) is 2.02. The van der Waals surface area contributed by atoms with Crippen molar-refractivity contribution in [2.45, 2.75) is 17.7 Å². The molecule has 2 aromatic rings. The molecule has 0 radical (unpaired) electrons. The van der Waals surface area contributed by atoms with Crippen LogP contribution in [-0.2, 0) is 16.6 Å². The van der Waals surface area contributed by atoms with Gasteiger partial charge in [-0.15, -0.1) is 11.3 Å². The molecular weight excluding hydrogens is 300 g/mol. The molecule has 0 unspecified atom stereocenters. The number of nitrogens with one attached hydrogen (secondary N) is 1. The Kier molecular flexibility index (Phi) is 3.93. The summed E-state index contributed by atoms with van der Waals surface area (Å²) < 4.78 is 26.0. The van der Waals surface area contributed by atoms with Crippen LogP contribution in [0.15, 0.2) is 21.9 Å². The number of primary amides is 1. The zero-order valence-electron chi connectivity index (χ0n) is 11.0. The first kappa shape index (κ1) is 14.7. The fraction of sp³-hybridized carbons (Fsp3) is 0.273. The van der Waals surface area contributed by atoms with Crippen LogP contribution in [0.4, 0.5) is 0 Å². The maximum atomic E-state index is 12.4. The van der Waals surface area contributed by atoms with Crippen LogP contribution < -0.4 is 5.73 Å². The molecule has 0 saturated carbocycles. The van der Waals surface area contributed by atoms with E-state index in [1.165, 1.54) is 22.8 Å². The number of nitrogens with zero attached hydrogens (tertiary/aromatic N) is 2. The highest BCUT2D eigenvalue weighted by molar-refractivity contribution is 7.91. The third-order valence-corrected chi connectivity index (χ3v) is 6.07. The van der Waals surface area contributed by atoms with Crippen LogP contribution >= 0.6 is 11.3 Å². The average Bonchev–Trinajstić information content (AvgIpc) is 2.99. The number of hydrogen-bond donors (Lipinski definition) is 2. The third kappa shape index (κ3) is 2.74. The largest absolute Gasteiger partial charge is 0.366 e. The van der Waals surface area contributed by atoms with Crippen LogP contribution in [0.3, 0.4) is 0 Å². The minimum Gasteiger partial charge on any atom is -0.366 e. The third-order valence-electron chi connectivity index (χ3n) is 2.85. The molecule has 0 aliphatic carbocycles. The predicted octanol–water partition coefficient (Wildman–Crippen LogP) is 0.699. The molecule has 0 aliphatic heterocycles. The fourth-order valence-electron chi connectivity index (χ4n) is 1.59. The van der Waals surface area contributed by atoms with Gasteiger partial charge >= 0.3 is 0 Å². The summed E-state index contributed by atoms with van der Waals surface area (Å²) in [5.41, 5.74) is 6.93. The lowest BCUT2D eigenvalue weighted by Gasteiger charge is -2.15. The topological polar surface area (TPSA) is 109 Å². The average molecular weight is 314 g/mol. The van der Waals surface area contributed by atoms with Crippen molar-refractivity contribution in [3.05, 3.63) is 34.5 Å². The van der Waals surface area contributed by atoms with Gasteiger partial charge in [-0.1, -0.05) is 0 Å². The number of aromatic nitrogens is 2. The maximum absolute atomic E-state index is 12.4. The highest BCUT2D eigenvalue weighted by atomic mass is 32.2. The van der Waals surface area contributed by atoms with Crippen LogP contribution in [0.1, 0.15) is 21.6 Å². The van der Waals surface area contributed by atoms with E-state index in [4.69, 9.17) is 5.73 Å². The van der Waals surface area contributed by atoms with Gasteiger partial charge in [0.25, 0.3) is 10.0 Å². The second kappa shape index (κ2) is 5.35. The Morgan fingerprint density at radius 3 is 2.75 bits per heavy atom. The van der Waals surface area contributed by atoms with E-state index >= 15 is 0 Å². The van der Waals surface area contributed by atoms with Crippen molar-refractivity contribution in [3.63, 3.8) is 0 Å². The van der Waals surface area contributed by atoms with Crippen LogP contribution in [0, 0.1) is 6.92 Å². The normalized spacial score (nSPS) is 11.9. The lowest BCUT2D eigenvalue weighted by molar-refractivity contribution is 0.100. The minimum atomic E-state index is -3.64. The van der Waals surface area contributed by atoms with E-state index in [2.05, 4.69) is 10.2 Å². The summed E-state index contributed by atoms with van der Waals surface area (Å²) in [4.78, 5) is 11.0. The highest BCUT2D eigenvalue weighted by Gasteiger charge is 2.24. The lowest BCUT2D eigenvalue weighted by atomic mass is 10.3. The summed E-state index contributed by atoms with van der Waals surface area (Å²) in [5, 5.41) is 8.04. The van der Waals surface area contributed by atoms with Crippen molar-refractivity contribution >= 4 is 27.3 Å². The summed E-state index contributed by atoms with van der Waals surface area (Å²) >= 11 is 0.976. The molecule has 2 heterocycles. The SMILES string of the molecule is Cc1[nH]ncc1CN(C)S(=O)(=O)c1cc(C(N)=O)cs1. The van der Waals surface area contributed by atoms with Gasteiger partial charge in [0.15, 0.2) is 0 Å². The van der Waals surface area contributed by atoms with Crippen LogP contribution in [0.2, 0.25) is 0 Å². The number of aryl methyl sites for hydroxylation is 1. The van der Waals surface area contributed by atoms with Crippen molar-refractivity contribution in [2.24, 2.45) is 5.73 Å². The number of sulfonamides is 1. The molecule has 0 spiro atoms. The zero-order valence-corrected chi connectivity index (χ0v) is 12.6. The molecule has 2 rings (SSSR count). The first-order chi connectivity index (χ1) is 9.32. The Hall–Kier alpha value is -1.71. The summed E-state index contributed by atoms with van der Waals surface area (Å²) in [5.74, 6) is -0.643. The van der Waals surface area contributed by atoms with E-state index in [1.54, 1.807) is 6.20 Å². The lowest BCUT2D eigenvalue weighted by Crippen LogP contribution is -2.26. The first-order valence-electron chi connectivity index (χ1n) is 5.66. The van der Waals surface area contributed by atoms with E-state index in [1.807, 2.05) is 6.92 Å². The van der Waals surface area contributed by atoms with E-state index in [0.29, 0.717) is 0 Å². The van der Waals surface area contributed by atoms with Gasteiger partial charge in [-0.05, 0) is 13.0 Å². The number of H-pyrrole nitrogens is 1. The fourth-order valence-corrected chi connectivity index (χ4v) is 4.12. The second-order valence-corrected chi connectivity index (χ2v) is 7.48. The highest BCUT2D eigenvalue weighted by Crippen LogP contribution is 2.24. The van der Waals surface area contributed by atoms with Gasteiger partial charge in [0, 0.05) is 30.2 Å². The van der Waals surface area contributed by atoms with E-state index in [-0.39, 0.29) is 16.3 Å². The number of carbonyl (C=O) groups excluding carboxylic acids is 1. The quantitative estimate of drug-likeness (QED) is 0.846. The Bertz CT molecular complexity index is 732. The van der Waals surface area contributed by atoms with Gasteiger partial charge in [-0.25, -0.2) is 8.42 Å². The van der Waals surface area contributed by atoms with Crippen molar-refractivity contribution < 1.29 is 13.2 Å². The molecular formula is C11H14N4O3S2. The Labute approximate surface area is 120 Å². The summed E-state index contributed by atoms with van der Waals surface area (Å²) in [7, 11) is -2.16. The van der Waals surface area contributed by atoms with Crippen molar-refractivity contribution in [1.82, 2.24) is 14.5 Å². The van der Waals surface area contributed by atoms with E-state index in [0.717, 1.165) is 22.6 Å². The van der Waals surface area contributed by atoms with Gasteiger partial charge in [0.05, 0.1) is 11.8 Å². The Morgan fingerprint density at radius 2 is 2.25 bits per heavy atom.